The van der Waals surface area contributed by atoms with E-state index in [1.165, 1.54) is 11.1 Å². The minimum Gasteiger partial charge on any atom is -0.485 e. The average molecular weight is 446 g/mol. The smallest absolute Gasteiger partial charge is 0.288 e. The summed E-state index contributed by atoms with van der Waals surface area (Å²) < 4.78 is 19.3. The third-order valence-electron chi connectivity index (χ3n) is 5.24. The Morgan fingerprint density at radius 1 is 0.844 bits per heavy atom. The second-order valence-corrected chi connectivity index (χ2v) is 8.02. The van der Waals surface area contributed by atoms with Crippen molar-refractivity contribution in [3.05, 3.63) is 107 Å². The molecule has 32 heavy (non-hydrogen) atoms. The lowest BCUT2D eigenvalue weighted by atomic mass is 10.2. The zero-order chi connectivity index (χ0) is 21.8. The number of hydrogen-bond donors (Lipinski definition) is 0. The van der Waals surface area contributed by atoms with Crippen LogP contribution in [-0.4, -0.2) is 21.3 Å². The van der Waals surface area contributed by atoms with Gasteiger partial charge in [-0.3, -0.25) is 4.90 Å². The summed E-state index contributed by atoms with van der Waals surface area (Å²) in [4.78, 5) is 2.59. The van der Waals surface area contributed by atoms with Crippen LogP contribution in [0.2, 0.25) is 0 Å². The molecular formula is C25H23N3O3S. The zero-order valence-electron chi connectivity index (χ0n) is 17.5. The van der Waals surface area contributed by atoms with Gasteiger partial charge in [0, 0.05) is 13.1 Å². The van der Waals surface area contributed by atoms with E-state index in [2.05, 4.69) is 34.3 Å². The fourth-order valence-corrected chi connectivity index (χ4v) is 3.90. The molecule has 0 spiro atoms. The monoisotopic (exact) mass is 445 g/mol. The molecule has 0 amide bonds. The van der Waals surface area contributed by atoms with Gasteiger partial charge in [0.25, 0.3) is 10.7 Å². The van der Waals surface area contributed by atoms with E-state index in [0.29, 0.717) is 29.8 Å². The van der Waals surface area contributed by atoms with Gasteiger partial charge in [0.05, 0.1) is 6.67 Å². The fraction of sp³-hybridized carbons (Fsp3) is 0.200. The molecular weight excluding hydrogens is 422 g/mol. The highest BCUT2D eigenvalue weighted by Crippen LogP contribution is 2.35. The quantitative estimate of drug-likeness (QED) is 0.356. The van der Waals surface area contributed by atoms with Crippen LogP contribution in [0.3, 0.4) is 0 Å². The fourth-order valence-electron chi connectivity index (χ4n) is 3.71. The normalized spacial score (nSPS) is 15.1. The van der Waals surface area contributed by atoms with Gasteiger partial charge in [0.15, 0.2) is 11.5 Å². The van der Waals surface area contributed by atoms with E-state index in [0.717, 1.165) is 18.8 Å². The van der Waals surface area contributed by atoms with E-state index < -0.39 is 6.10 Å². The van der Waals surface area contributed by atoms with Crippen molar-refractivity contribution in [3.63, 3.8) is 0 Å². The summed E-state index contributed by atoms with van der Waals surface area (Å²) >= 11 is 5.48. The summed E-state index contributed by atoms with van der Waals surface area (Å²) in [5.41, 5.74) is 2.44. The number of benzene rings is 3. The number of aromatic nitrogens is 2. The van der Waals surface area contributed by atoms with Crippen molar-refractivity contribution >= 4 is 12.2 Å². The van der Waals surface area contributed by atoms with Crippen LogP contribution < -0.4 is 9.47 Å². The molecule has 3 aromatic carbocycles. The Bertz CT molecular complexity index is 1180. The molecule has 162 valence electrons. The topological polar surface area (TPSA) is 52.7 Å². The standard InChI is InChI=1S/C25H23N3O3S/c32-25-28(26-24(31-25)23-17-29-21-13-7-8-14-22(21)30-23)18-27(15-19-9-3-1-4-10-19)16-20-11-5-2-6-12-20/h1-14,23H,15-18H2/t23-/m0/s1. The Morgan fingerprint density at radius 2 is 1.44 bits per heavy atom. The Morgan fingerprint density at radius 3 is 2.09 bits per heavy atom. The van der Waals surface area contributed by atoms with Gasteiger partial charge in [-0.25, -0.2) is 4.68 Å². The maximum Gasteiger partial charge on any atom is 0.288 e. The van der Waals surface area contributed by atoms with Crippen molar-refractivity contribution in [2.45, 2.75) is 25.9 Å². The first-order valence-corrected chi connectivity index (χ1v) is 10.9. The van der Waals surface area contributed by atoms with Gasteiger partial charge in [0.1, 0.15) is 6.61 Å². The Hall–Kier alpha value is -3.42. The molecule has 0 N–H and O–H groups in total. The molecule has 0 saturated carbocycles. The second-order valence-electron chi connectivity index (χ2n) is 7.67. The van der Waals surface area contributed by atoms with Crippen molar-refractivity contribution in [1.29, 1.82) is 0 Å². The lowest BCUT2D eigenvalue weighted by Gasteiger charge is -2.24. The van der Waals surface area contributed by atoms with E-state index in [1.807, 2.05) is 60.7 Å². The number of hydrogen-bond acceptors (Lipinski definition) is 6. The predicted molar refractivity (Wildman–Crippen MR) is 123 cm³/mol. The van der Waals surface area contributed by atoms with Crippen LogP contribution in [0.25, 0.3) is 0 Å². The molecule has 1 atom stereocenters. The van der Waals surface area contributed by atoms with Crippen LogP contribution in [0.5, 0.6) is 11.5 Å². The highest BCUT2D eigenvalue weighted by molar-refractivity contribution is 7.71. The Kier molecular flexibility index (Phi) is 6.00. The molecule has 1 aliphatic heterocycles. The SMILES string of the molecule is S=c1oc([C@@H]2COc3ccccc3O2)nn1CN(Cc1ccccc1)Cc1ccccc1. The van der Waals surface area contributed by atoms with E-state index in [9.17, 15) is 0 Å². The first-order valence-electron chi connectivity index (χ1n) is 10.5. The highest BCUT2D eigenvalue weighted by atomic mass is 32.1. The molecule has 0 unspecified atom stereocenters. The van der Waals surface area contributed by atoms with E-state index in [4.69, 9.17) is 26.1 Å². The van der Waals surface area contributed by atoms with Crippen LogP contribution in [0.15, 0.2) is 89.3 Å². The summed E-state index contributed by atoms with van der Waals surface area (Å²) in [7, 11) is 0. The summed E-state index contributed by atoms with van der Waals surface area (Å²) in [5, 5.41) is 4.63. The van der Waals surface area contributed by atoms with Gasteiger partial charge < -0.3 is 13.9 Å². The van der Waals surface area contributed by atoms with Gasteiger partial charge in [-0.15, -0.1) is 5.10 Å². The number of ether oxygens (including phenoxy) is 2. The molecule has 4 aromatic rings. The molecule has 0 fully saturated rings. The zero-order valence-corrected chi connectivity index (χ0v) is 18.3. The van der Waals surface area contributed by atoms with Gasteiger partial charge >= 0.3 is 0 Å². The van der Waals surface area contributed by atoms with Crippen molar-refractivity contribution in [3.8, 4) is 11.5 Å². The minimum atomic E-state index is -0.440. The Balaban J connectivity index is 1.35. The summed E-state index contributed by atoms with van der Waals surface area (Å²) in [6.45, 7) is 2.34. The number of fused-ring (bicyclic) bond motifs is 1. The van der Waals surface area contributed by atoms with Crippen LogP contribution >= 0.6 is 12.2 Å². The molecule has 1 aliphatic rings. The van der Waals surface area contributed by atoms with Gasteiger partial charge in [0.2, 0.25) is 6.10 Å². The van der Waals surface area contributed by atoms with Crippen molar-refractivity contribution in [2.24, 2.45) is 0 Å². The van der Waals surface area contributed by atoms with Gasteiger partial charge in [-0.1, -0.05) is 72.8 Å². The molecule has 0 aliphatic carbocycles. The first kappa shape index (κ1) is 20.5. The van der Waals surface area contributed by atoms with Crippen LogP contribution in [0.1, 0.15) is 23.1 Å². The molecule has 2 heterocycles. The molecule has 0 bridgehead atoms. The lowest BCUT2D eigenvalue weighted by molar-refractivity contribution is 0.0706. The highest BCUT2D eigenvalue weighted by Gasteiger charge is 2.27. The van der Waals surface area contributed by atoms with Gasteiger partial charge in [-0.2, -0.15) is 0 Å². The molecule has 6 nitrogen and oxygen atoms in total. The number of para-hydroxylation sites is 2. The summed E-state index contributed by atoms with van der Waals surface area (Å²) in [5.74, 6) is 1.82. The van der Waals surface area contributed by atoms with Crippen molar-refractivity contribution in [1.82, 2.24) is 14.7 Å². The van der Waals surface area contributed by atoms with E-state index in [-0.39, 0.29) is 0 Å². The molecule has 5 rings (SSSR count). The van der Waals surface area contributed by atoms with Crippen LogP contribution in [0, 0.1) is 4.84 Å². The molecule has 1 aromatic heterocycles. The predicted octanol–water partition coefficient (Wildman–Crippen LogP) is 5.38. The average Bonchev–Trinajstić information content (AvgIpc) is 3.20. The van der Waals surface area contributed by atoms with Crippen molar-refractivity contribution in [2.75, 3.05) is 6.61 Å². The van der Waals surface area contributed by atoms with Crippen LogP contribution in [-0.2, 0) is 19.8 Å². The third-order valence-corrected chi connectivity index (χ3v) is 5.53. The van der Waals surface area contributed by atoms with Crippen molar-refractivity contribution < 1.29 is 13.9 Å². The second kappa shape index (κ2) is 9.38. The van der Waals surface area contributed by atoms with E-state index in [1.54, 1.807) is 4.68 Å². The summed E-state index contributed by atoms with van der Waals surface area (Å²) in [6, 6.07) is 28.3. The summed E-state index contributed by atoms with van der Waals surface area (Å²) in [6.07, 6.45) is -0.440. The van der Waals surface area contributed by atoms with Gasteiger partial charge in [-0.05, 0) is 35.5 Å². The third kappa shape index (κ3) is 4.74. The number of nitrogens with zero attached hydrogens (tertiary/aromatic N) is 3. The van der Waals surface area contributed by atoms with E-state index >= 15 is 0 Å². The molecule has 7 heteroatoms. The molecule has 0 saturated heterocycles. The molecule has 0 radical (unpaired) electrons. The maximum atomic E-state index is 6.03. The Labute approximate surface area is 191 Å². The largest absolute Gasteiger partial charge is 0.485 e. The maximum absolute atomic E-state index is 6.03. The lowest BCUT2D eigenvalue weighted by Crippen LogP contribution is -2.27. The first-order chi connectivity index (χ1) is 15.7. The number of rotatable bonds is 7. The minimum absolute atomic E-state index is 0.314. The van der Waals surface area contributed by atoms with Crippen LogP contribution in [0.4, 0.5) is 0 Å².